The van der Waals surface area contributed by atoms with Crippen LogP contribution < -0.4 is 0 Å². The Balaban J connectivity index is 0.000000216. The molecule has 0 nitrogen and oxygen atoms in total. The van der Waals surface area contributed by atoms with Crippen molar-refractivity contribution < 1.29 is 26.2 Å². The Hall–Kier alpha value is -2.80. The zero-order valence-electron chi connectivity index (χ0n) is 27.6. The van der Waals surface area contributed by atoms with Crippen LogP contribution in [0, 0.1) is 0 Å². The molecule has 0 aliphatic carbocycles. The largest absolute Gasteiger partial charge is 2.00 e. The van der Waals surface area contributed by atoms with E-state index < -0.39 is 0 Å². The third kappa shape index (κ3) is 8.68. The zero-order chi connectivity index (χ0) is 30.6. The van der Waals surface area contributed by atoms with Crippen molar-refractivity contribution >= 4 is 31.1 Å². The second-order valence-electron chi connectivity index (χ2n) is 11.4. The third-order valence-corrected chi connectivity index (χ3v) is 8.05. The van der Waals surface area contributed by atoms with Gasteiger partial charge >= 0.3 is 26.2 Å². The molecule has 0 aromatic heterocycles. The van der Waals surface area contributed by atoms with Gasteiger partial charge in [0.25, 0.3) is 0 Å². The van der Waals surface area contributed by atoms with Gasteiger partial charge in [0.2, 0.25) is 0 Å². The van der Waals surface area contributed by atoms with Gasteiger partial charge in [-0.1, -0.05) is 137 Å². The van der Waals surface area contributed by atoms with Crippen molar-refractivity contribution in [2.75, 3.05) is 0 Å². The van der Waals surface area contributed by atoms with Crippen LogP contribution in [-0.4, -0.2) is 9.52 Å². The molecule has 6 aromatic carbocycles. The summed E-state index contributed by atoms with van der Waals surface area (Å²) in [6, 6.07) is 40.2. The summed E-state index contributed by atoms with van der Waals surface area (Å²) in [7, 11) is 1.08. The molecule has 224 valence electrons. The Morgan fingerprint density at radius 1 is 0.523 bits per heavy atom. The van der Waals surface area contributed by atoms with Gasteiger partial charge < -0.3 is 0 Å². The van der Waals surface area contributed by atoms with Gasteiger partial charge in [0, 0.05) is 9.52 Å². The minimum absolute atomic E-state index is 0. The minimum Gasteiger partial charge on any atom is -0.164 e. The van der Waals surface area contributed by atoms with Gasteiger partial charge in [0.15, 0.2) is 0 Å². The topological polar surface area (TPSA) is 0 Å². The Bertz CT molecular complexity index is 1560. The molecule has 0 fully saturated rings. The van der Waals surface area contributed by atoms with E-state index >= 15 is 0 Å². The Morgan fingerprint density at radius 2 is 0.886 bits per heavy atom. The summed E-state index contributed by atoms with van der Waals surface area (Å²) in [5.74, 6) is 0. The molecule has 6 aromatic rings. The predicted molar refractivity (Wildman–Crippen MR) is 194 cm³/mol. The van der Waals surface area contributed by atoms with Crippen LogP contribution in [0.5, 0.6) is 0 Å². The first-order valence-electron chi connectivity index (χ1n) is 16.2. The van der Waals surface area contributed by atoms with Crippen LogP contribution in [-0.2, 0) is 51.9 Å². The average molecular weight is 672 g/mol. The number of aryl methyl sites for hydroxylation is 4. The number of rotatable bonds is 8. The standard InChI is InChI=1S/2C20H21.C2H6Si.Zr/c2*1-3-8-16-11-12-18-13-15(4-2)14-19(18)20(16)17-9-6-5-7-10-17;1-3-2;/h2*5-7,9-14H,3-4,8H2,1-2H3;1-2H3;/q2*-1;;+2. The van der Waals surface area contributed by atoms with Gasteiger partial charge in [-0.2, -0.15) is 12.1 Å². The monoisotopic (exact) mass is 670 g/mol. The van der Waals surface area contributed by atoms with Crippen molar-refractivity contribution in [3.8, 4) is 22.3 Å². The molecule has 2 heteroatoms. The molecule has 0 heterocycles. The molecule has 0 aliphatic heterocycles. The molecule has 0 atom stereocenters. The second-order valence-corrected chi connectivity index (χ2v) is 12.4. The molecule has 0 unspecified atom stereocenters. The van der Waals surface area contributed by atoms with E-state index in [-0.39, 0.29) is 26.2 Å². The van der Waals surface area contributed by atoms with E-state index in [1.165, 1.54) is 78.9 Å². The molecule has 0 aliphatic rings. The number of hydrogen-bond donors (Lipinski definition) is 0. The van der Waals surface area contributed by atoms with Crippen LogP contribution in [0.3, 0.4) is 0 Å². The first-order valence-corrected chi connectivity index (χ1v) is 18.2. The maximum absolute atomic E-state index is 2.37. The summed E-state index contributed by atoms with van der Waals surface area (Å²) >= 11 is 0. The smallest absolute Gasteiger partial charge is 0.164 e. The maximum Gasteiger partial charge on any atom is 2.00 e. The van der Waals surface area contributed by atoms with Crippen molar-refractivity contribution in [2.45, 2.75) is 79.3 Å². The summed E-state index contributed by atoms with van der Waals surface area (Å²) in [6.07, 6.45) is 6.87. The summed E-state index contributed by atoms with van der Waals surface area (Å²) in [5, 5.41) is 5.58. The molecule has 6 rings (SSSR count). The van der Waals surface area contributed by atoms with Gasteiger partial charge in [-0.15, -0.1) is 69.1 Å². The molecule has 0 bridgehead atoms. The maximum atomic E-state index is 2.37. The van der Waals surface area contributed by atoms with E-state index in [9.17, 15) is 0 Å². The normalized spacial score (nSPS) is 10.5. The van der Waals surface area contributed by atoms with E-state index in [0.717, 1.165) is 35.2 Å². The van der Waals surface area contributed by atoms with Gasteiger partial charge in [-0.25, -0.2) is 0 Å². The molecular formula is C42H48SiZr. The third-order valence-electron chi connectivity index (χ3n) is 8.05. The molecule has 0 N–H and O–H groups in total. The zero-order valence-corrected chi connectivity index (χ0v) is 31.1. The number of fused-ring (bicyclic) bond motifs is 2. The van der Waals surface area contributed by atoms with E-state index in [0.29, 0.717) is 0 Å². The predicted octanol–water partition coefficient (Wildman–Crippen LogP) is 12.3. The molecular weight excluding hydrogens is 624 g/mol. The van der Waals surface area contributed by atoms with Crippen molar-refractivity contribution in [3.05, 3.63) is 131 Å². The fourth-order valence-corrected chi connectivity index (χ4v) is 6.03. The van der Waals surface area contributed by atoms with E-state index in [4.69, 9.17) is 0 Å². The van der Waals surface area contributed by atoms with Gasteiger partial charge in [0.05, 0.1) is 0 Å². The van der Waals surface area contributed by atoms with Crippen molar-refractivity contribution in [1.29, 1.82) is 0 Å². The first-order chi connectivity index (χ1) is 21.1. The van der Waals surface area contributed by atoms with Gasteiger partial charge in [-0.05, 0) is 36.8 Å². The SMILES string of the molecule is CCCc1ccc2[cH-]c(CC)cc2c1-c1ccccc1.CCCc1ccc2[cH-]c(CC)cc2c1-c1ccccc1.C[Si]C.[Zr+2]. The molecule has 0 saturated heterocycles. The Morgan fingerprint density at radius 3 is 1.20 bits per heavy atom. The van der Waals surface area contributed by atoms with E-state index in [2.05, 4.69) is 150 Å². The van der Waals surface area contributed by atoms with E-state index in [1.54, 1.807) is 0 Å². The summed E-state index contributed by atoms with van der Waals surface area (Å²) < 4.78 is 0. The van der Waals surface area contributed by atoms with Crippen molar-refractivity contribution in [2.24, 2.45) is 0 Å². The van der Waals surface area contributed by atoms with Crippen LogP contribution in [0.25, 0.3) is 43.8 Å². The Kier molecular flexibility index (Phi) is 14.8. The van der Waals surface area contributed by atoms with Gasteiger partial charge in [-0.3, -0.25) is 0 Å². The molecule has 2 radical (unpaired) electrons. The molecule has 0 saturated carbocycles. The molecule has 0 spiro atoms. The second kappa shape index (κ2) is 18.2. The van der Waals surface area contributed by atoms with Crippen molar-refractivity contribution in [3.63, 3.8) is 0 Å². The minimum atomic E-state index is 0. The van der Waals surface area contributed by atoms with Gasteiger partial charge in [0.1, 0.15) is 0 Å². The summed E-state index contributed by atoms with van der Waals surface area (Å²) in [6.45, 7) is 13.3. The summed E-state index contributed by atoms with van der Waals surface area (Å²) in [4.78, 5) is 0. The quantitative estimate of drug-likeness (QED) is 0.112. The molecule has 0 amide bonds. The van der Waals surface area contributed by atoms with Crippen LogP contribution >= 0.6 is 0 Å². The van der Waals surface area contributed by atoms with Crippen LogP contribution in [0.1, 0.15) is 62.8 Å². The summed E-state index contributed by atoms with van der Waals surface area (Å²) in [5.41, 5.74) is 11.4. The van der Waals surface area contributed by atoms with Crippen LogP contribution in [0.4, 0.5) is 0 Å². The Labute approximate surface area is 288 Å². The van der Waals surface area contributed by atoms with Crippen LogP contribution in [0.2, 0.25) is 13.1 Å². The number of benzene rings is 4. The van der Waals surface area contributed by atoms with Crippen LogP contribution in [0.15, 0.2) is 109 Å². The fourth-order valence-electron chi connectivity index (χ4n) is 6.03. The van der Waals surface area contributed by atoms with E-state index in [1.807, 2.05) is 0 Å². The first kappa shape index (κ1) is 35.7. The average Bonchev–Trinajstić information content (AvgIpc) is 3.67. The number of hydrogen-bond acceptors (Lipinski definition) is 0. The fraction of sp³-hybridized carbons (Fsp3) is 0.286. The molecule has 44 heavy (non-hydrogen) atoms. The van der Waals surface area contributed by atoms with Crippen molar-refractivity contribution in [1.82, 2.24) is 0 Å².